The van der Waals surface area contributed by atoms with Gasteiger partial charge in [-0.25, -0.2) is 8.42 Å². The minimum absolute atomic E-state index is 0.0869. The van der Waals surface area contributed by atoms with E-state index in [2.05, 4.69) is 16.3 Å². The first-order chi connectivity index (χ1) is 9.04. The maximum Gasteiger partial charge on any atom is 0.263 e. The van der Waals surface area contributed by atoms with Gasteiger partial charge in [-0.3, -0.25) is 9.71 Å². The molecule has 0 saturated carbocycles. The molecule has 19 heavy (non-hydrogen) atoms. The molecule has 0 radical (unpaired) electrons. The predicted molar refractivity (Wildman–Crippen MR) is 76.8 cm³/mol. The van der Waals surface area contributed by atoms with E-state index in [0.717, 1.165) is 19.3 Å². The van der Waals surface area contributed by atoms with Crippen LogP contribution in [0, 0.1) is 0 Å². The van der Waals surface area contributed by atoms with Gasteiger partial charge in [0.2, 0.25) is 0 Å². The zero-order chi connectivity index (χ0) is 13.9. The molecule has 1 heterocycles. The summed E-state index contributed by atoms with van der Waals surface area (Å²) in [5.41, 5.74) is 0.665. The summed E-state index contributed by atoms with van der Waals surface area (Å²) in [6.07, 6.45) is 4.76. The van der Waals surface area contributed by atoms with Gasteiger partial charge in [-0.05, 0) is 38.3 Å². The fourth-order valence-electron chi connectivity index (χ4n) is 2.07. The van der Waals surface area contributed by atoms with E-state index in [0.29, 0.717) is 16.3 Å². The lowest BCUT2D eigenvalue weighted by Crippen LogP contribution is -2.23. The van der Waals surface area contributed by atoms with Gasteiger partial charge in [0, 0.05) is 11.6 Å². The summed E-state index contributed by atoms with van der Waals surface area (Å²) in [6.45, 7) is 5.67. The number of allylic oxidation sites excluding steroid dienone is 1. The van der Waals surface area contributed by atoms with Crippen LogP contribution in [0.5, 0.6) is 0 Å². The number of nitrogens with one attached hydrogen (secondary N) is 1. The van der Waals surface area contributed by atoms with Crippen LogP contribution < -0.4 is 4.72 Å². The summed E-state index contributed by atoms with van der Waals surface area (Å²) >= 11 is 0. The lowest BCUT2D eigenvalue weighted by molar-refractivity contribution is 0.594. The number of nitrogens with zero attached hydrogens (tertiary/aromatic N) is 1. The van der Waals surface area contributed by atoms with Gasteiger partial charge in [-0.1, -0.05) is 18.2 Å². The monoisotopic (exact) mass is 278 g/mol. The Hall–Kier alpha value is -1.62. The quantitative estimate of drug-likeness (QED) is 0.664. The highest BCUT2D eigenvalue weighted by atomic mass is 32.2. The first kappa shape index (κ1) is 13.8. The minimum Gasteiger partial charge on any atom is -0.264 e. The van der Waals surface area contributed by atoms with Gasteiger partial charge in [0.15, 0.2) is 0 Å². The van der Waals surface area contributed by atoms with E-state index in [4.69, 9.17) is 0 Å². The van der Waals surface area contributed by atoms with Crippen molar-refractivity contribution in [3.05, 3.63) is 42.5 Å². The van der Waals surface area contributed by atoms with Crippen LogP contribution in [0.3, 0.4) is 0 Å². The highest BCUT2D eigenvalue weighted by Crippen LogP contribution is 2.22. The Morgan fingerprint density at radius 3 is 2.89 bits per heavy atom. The second kappa shape index (κ2) is 5.57. The molecule has 1 aromatic rings. The van der Waals surface area contributed by atoms with E-state index >= 15 is 0 Å². The molecule has 1 N–H and O–H groups in total. The van der Waals surface area contributed by atoms with E-state index < -0.39 is 10.0 Å². The second-order valence-electron chi connectivity index (χ2n) is 4.65. The first-order valence-electron chi connectivity index (χ1n) is 6.35. The van der Waals surface area contributed by atoms with Crippen LogP contribution in [0.4, 0.5) is 0 Å². The van der Waals surface area contributed by atoms with Gasteiger partial charge in [-0.2, -0.15) is 0 Å². The molecule has 4 nitrogen and oxygen atoms in total. The van der Waals surface area contributed by atoms with Crippen LogP contribution in [-0.4, -0.2) is 20.3 Å². The van der Waals surface area contributed by atoms with Gasteiger partial charge in [0.25, 0.3) is 10.0 Å². The molecular weight excluding hydrogens is 260 g/mol. The maximum atomic E-state index is 11.9. The Kier molecular flexibility index (Phi) is 4.04. The molecule has 0 amide bonds. The first-order valence-corrected chi connectivity index (χ1v) is 7.84. The van der Waals surface area contributed by atoms with Crippen LogP contribution in [0.25, 0.3) is 0 Å². The SMILES string of the molecule is C=CCCCC(C)N=C1NS(=O)(=O)c2ccccc21. The summed E-state index contributed by atoms with van der Waals surface area (Å²) in [4.78, 5) is 4.79. The largest absolute Gasteiger partial charge is 0.264 e. The Labute approximate surface area is 114 Å². The summed E-state index contributed by atoms with van der Waals surface area (Å²) < 4.78 is 26.3. The summed E-state index contributed by atoms with van der Waals surface area (Å²) in [7, 11) is -3.42. The molecule has 1 aromatic carbocycles. The lowest BCUT2D eigenvalue weighted by Gasteiger charge is -2.07. The average molecular weight is 278 g/mol. The molecule has 0 spiro atoms. The second-order valence-corrected chi connectivity index (χ2v) is 6.30. The number of hydrogen-bond donors (Lipinski definition) is 1. The molecule has 1 aliphatic rings. The zero-order valence-electron chi connectivity index (χ0n) is 11.0. The fraction of sp³-hybridized carbons (Fsp3) is 0.357. The van der Waals surface area contributed by atoms with E-state index in [-0.39, 0.29) is 6.04 Å². The molecule has 0 aliphatic carbocycles. The van der Waals surface area contributed by atoms with Crippen molar-refractivity contribution in [1.82, 2.24) is 4.72 Å². The maximum absolute atomic E-state index is 11.9. The van der Waals surface area contributed by atoms with Crippen molar-refractivity contribution < 1.29 is 8.42 Å². The van der Waals surface area contributed by atoms with E-state index in [1.54, 1.807) is 18.2 Å². The number of benzene rings is 1. The average Bonchev–Trinajstić information content (AvgIpc) is 2.62. The number of hydrogen-bond acceptors (Lipinski definition) is 3. The van der Waals surface area contributed by atoms with E-state index in [9.17, 15) is 8.42 Å². The van der Waals surface area contributed by atoms with Crippen molar-refractivity contribution >= 4 is 15.9 Å². The Morgan fingerprint density at radius 1 is 1.42 bits per heavy atom. The summed E-state index contributed by atoms with van der Waals surface area (Å²) in [5.74, 6) is 0.460. The molecule has 0 saturated heterocycles. The molecule has 0 fully saturated rings. The number of fused-ring (bicyclic) bond motifs is 1. The van der Waals surface area contributed by atoms with Gasteiger partial charge in [0.05, 0.1) is 4.90 Å². The molecule has 2 rings (SSSR count). The van der Waals surface area contributed by atoms with Gasteiger partial charge >= 0.3 is 0 Å². The molecule has 0 aromatic heterocycles. The van der Waals surface area contributed by atoms with Crippen molar-refractivity contribution in [1.29, 1.82) is 0 Å². The highest BCUT2D eigenvalue weighted by molar-refractivity contribution is 7.90. The smallest absolute Gasteiger partial charge is 0.263 e. The van der Waals surface area contributed by atoms with Crippen LogP contribution in [-0.2, 0) is 10.0 Å². The molecule has 5 heteroatoms. The van der Waals surface area contributed by atoms with E-state index in [1.807, 2.05) is 19.1 Å². The van der Waals surface area contributed by atoms with Crippen molar-refractivity contribution in [2.75, 3.05) is 0 Å². The number of amidine groups is 1. The van der Waals surface area contributed by atoms with Crippen molar-refractivity contribution in [3.8, 4) is 0 Å². The van der Waals surface area contributed by atoms with Crippen molar-refractivity contribution in [2.24, 2.45) is 4.99 Å². The topological polar surface area (TPSA) is 58.5 Å². The molecule has 0 bridgehead atoms. The number of unbranched alkanes of at least 4 members (excludes halogenated alkanes) is 1. The van der Waals surface area contributed by atoms with Crippen molar-refractivity contribution in [3.63, 3.8) is 0 Å². The third kappa shape index (κ3) is 3.04. The predicted octanol–water partition coefficient (Wildman–Crippen LogP) is 2.47. The molecule has 1 aliphatic heterocycles. The third-order valence-electron chi connectivity index (χ3n) is 3.04. The number of sulfonamides is 1. The van der Waals surface area contributed by atoms with Gasteiger partial charge in [-0.15, -0.1) is 6.58 Å². The molecule has 1 unspecified atom stereocenters. The Balaban J connectivity index is 2.21. The standard InChI is InChI=1S/C14H18N2O2S/c1-3-4-5-8-11(2)15-14-12-9-6-7-10-13(12)19(17,18)16-14/h3,6-7,9-11H,1,4-5,8H2,2H3,(H,15,16). The fourth-order valence-corrected chi connectivity index (χ4v) is 3.31. The Bertz CT molecular complexity index is 606. The summed E-state index contributed by atoms with van der Waals surface area (Å²) in [6, 6.07) is 7.00. The number of rotatable bonds is 5. The summed E-state index contributed by atoms with van der Waals surface area (Å²) in [5, 5.41) is 0. The van der Waals surface area contributed by atoms with Crippen molar-refractivity contribution in [2.45, 2.75) is 37.1 Å². The van der Waals surface area contributed by atoms with Crippen LogP contribution in [0.2, 0.25) is 0 Å². The minimum atomic E-state index is -3.42. The van der Waals surface area contributed by atoms with Gasteiger partial charge < -0.3 is 0 Å². The van der Waals surface area contributed by atoms with Gasteiger partial charge in [0.1, 0.15) is 5.84 Å². The van der Waals surface area contributed by atoms with Crippen LogP contribution >= 0.6 is 0 Å². The highest BCUT2D eigenvalue weighted by Gasteiger charge is 2.30. The third-order valence-corrected chi connectivity index (χ3v) is 4.44. The van der Waals surface area contributed by atoms with Crippen LogP contribution in [0.15, 0.2) is 46.8 Å². The zero-order valence-corrected chi connectivity index (χ0v) is 11.8. The number of aliphatic imine (C=N–C) groups is 1. The molecule has 1 atom stereocenters. The van der Waals surface area contributed by atoms with E-state index in [1.165, 1.54) is 0 Å². The lowest BCUT2D eigenvalue weighted by atomic mass is 10.1. The molecule has 102 valence electrons. The molecular formula is C14H18N2O2S. The Morgan fingerprint density at radius 2 is 2.16 bits per heavy atom. The van der Waals surface area contributed by atoms with Crippen LogP contribution in [0.1, 0.15) is 31.7 Å². The normalized spacial score (nSPS) is 19.7.